The van der Waals surface area contributed by atoms with Crippen LogP contribution in [0.1, 0.15) is 20.3 Å². The summed E-state index contributed by atoms with van der Waals surface area (Å²) >= 11 is 0. The summed E-state index contributed by atoms with van der Waals surface area (Å²) in [6.45, 7) is 3.23. The molecule has 74 valence electrons. The van der Waals surface area contributed by atoms with E-state index in [1.54, 1.807) is 13.8 Å². The molecule has 0 unspecified atom stereocenters. The lowest BCUT2D eigenvalue weighted by atomic mass is 10.2. The van der Waals surface area contributed by atoms with Gasteiger partial charge in [0, 0.05) is 13.8 Å². The van der Waals surface area contributed by atoms with E-state index >= 15 is 0 Å². The van der Waals surface area contributed by atoms with Crippen molar-refractivity contribution in [1.82, 2.24) is 0 Å². The zero-order valence-electron chi connectivity index (χ0n) is 7.83. The third-order valence-electron chi connectivity index (χ3n) is 1.62. The number of rotatable bonds is 2. The van der Waals surface area contributed by atoms with Crippen molar-refractivity contribution >= 4 is 11.9 Å². The average Bonchev–Trinajstić information content (AvgIpc) is 2.24. The normalized spacial score (nSPS) is 25.5. The third kappa shape index (κ3) is 2.42. The van der Waals surface area contributed by atoms with Gasteiger partial charge in [0.25, 0.3) is 0 Å². The van der Waals surface area contributed by atoms with Crippen LogP contribution in [0, 0.1) is 0 Å². The first-order valence-electron chi connectivity index (χ1n) is 3.92. The van der Waals surface area contributed by atoms with Gasteiger partial charge in [-0.05, 0) is 0 Å². The maximum atomic E-state index is 11.1. The molecule has 1 atom stereocenters. The van der Waals surface area contributed by atoms with Gasteiger partial charge in [0.1, 0.15) is 0 Å². The van der Waals surface area contributed by atoms with Gasteiger partial charge in [0.05, 0.1) is 13.5 Å². The van der Waals surface area contributed by atoms with Gasteiger partial charge in [-0.2, -0.15) is 0 Å². The molecule has 0 N–H and O–H groups in total. The first-order chi connectivity index (χ1) is 5.94. The Morgan fingerprint density at radius 3 is 2.62 bits per heavy atom. The number of cyclic esters (lactones) is 1. The van der Waals surface area contributed by atoms with E-state index < -0.39 is 23.8 Å². The Hall–Kier alpha value is -1.10. The fourth-order valence-electron chi connectivity index (χ4n) is 1.08. The topological polar surface area (TPSA) is 61.8 Å². The Labute approximate surface area is 76.0 Å². The van der Waals surface area contributed by atoms with Crippen molar-refractivity contribution in [3.05, 3.63) is 0 Å². The minimum absolute atomic E-state index is 0.0984. The molecule has 0 amide bonds. The van der Waals surface area contributed by atoms with Crippen molar-refractivity contribution in [1.29, 1.82) is 0 Å². The van der Waals surface area contributed by atoms with E-state index in [2.05, 4.69) is 4.74 Å². The second-order valence-corrected chi connectivity index (χ2v) is 3.21. The van der Waals surface area contributed by atoms with E-state index in [-0.39, 0.29) is 6.42 Å². The Kier molecular flexibility index (Phi) is 2.56. The second-order valence-electron chi connectivity index (χ2n) is 3.21. The first-order valence-corrected chi connectivity index (χ1v) is 3.92. The average molecular weight is 188 g/mol. The predicted molar refractivity (Wildman–Crippen MR) is 41.7 cm³/mol. The molecular formula is C8H12O5. The predicted octanol–water partition coefficient (Wildman–Crippen LogP) is 0.228. The lowest BCUT2D eigenvalue weighted by Crippen LogP contribution is -2.23. The number of hydrogen-bond donors (Lipinski definition) is 0. The van der Waals surface area contributed by atoms with E-state index in [0.29, 0.717) is 0 Å². The standard InChI is InChI=1S/C8H12O5/c1-8(2)12-5(7(10)13-8)4-6(9)11-3/h5H,4H2,1-3H3/t5-/m0/s1. The molecule has 0 aromatic heterocycles. The summed E-state index contributed by atoms with van der Waals surface area (Å²) < 4.78 is 14.4. The Balaban J connectivity index is 2.54. The molecule has 1 heterocycles. The summed E-state index contributed by atoms with van der Waals surface area (Å²) in [4.78, 5) is 21.9. The summed E-state index contributed by atoms with van der Waals surface area (Å²) in [5.41, 5.74) is 0. The van der Waals surface area contributed by atoms with Crippen molar-refractivity contribution in [2.75, 3.05) is 7.11 Å². The molecule has 0 radical (unpaired) electrons. The monoisotopic (exact) mass is 188 g/mol. The summed E-state index contributed by atoms with van der Waals surface area (Å²) in [7, 11) is 1.26. The number of esters is 2. The molecule has 0 aliphatic carbocycles. The zero-order valence-corrected chi connectivity index (χ0v) is 7.83. The molecule has 1 aliphatic heterocycles. The van der Waals surface area contributed by atoms with Crippen molar-refractivity contribution in [3.8, 4) is 0 Å². The highest BCUT2D eigenvalue weighted by Gasteiger charge is 2.42. The van der Waals surface area contributed by atoms with E-state index in [4.69, 9.17) is 9.47 Å². The molecule has 5 nitrogen and oxygen atoms in total. The molecule has 5 heteroatoms. The minimum atomic E-state index is -0.935. The lowest BCUT2D eigenvalue weighted by molar-refractivity contribution is -0.161. The number of carbonyl (C=O) groups is 2. The van der Waals surface area contributed by atoms with Gasteiger partial charge >= 0.3 is 11.9 Å². The quantitative estimate of drug-likeness (QED) is 0.580. The highest BCUT2D eigenvalue weighted by molar-refractivity contribution is 5.83. The fraction of sp³-hybridized carbons (Fsp3) is 0.750. The summed E-state index contributed by atoms with van der Waals surface area (Å²) in [5, 5.41) is 0. The molecule has 0 saturated carbocycles. The fourth-order valence-corrected chi connectivity index (χ4v) is 1.08. The van der Waals surface area contributed by atoms with Crippen LogP contribution in [-0.4, -0.2) is 30.9 Å². The van der Waals surface area contributed by atoms with Crippen molar-refractivity contribution in [3.63, 3.8) is 0 Å². The molecule has 1 saturated heterocycles. The van der Waals surface area contributed by atoms with Crippen LogP contribution in [0.15, 0.2) is 0 Å². The lowest BCUT2D eigenvalue weighted by Gasteiger charge is -2.14. The van der Waals surface area contributed by atoms with Crippen LogP contribution in [0.2, 0.25) is 0 Å². The van der Waals surface area contributed by atoms with Gasteiger partial charge in [-0.3, -0.25) is 4.79 Å². The Morgan fingerprint density at radius 1 is 1.62 bits per heavy atom. The molecule has 1 aliphatic rings. The van der Waals surface area contributed by atoms with Gasteiger partial charge in [-0.25, -0.2) is 4.79 Å². The van der Waals surface area contributed by atoms with E-state index in [0.717, 1.165) is 0 Å². The highest BCUT2D eigenvalue weighted by Crippen LogP contribution is 2.25. The molecule has 1 rings (SSSR count). The second kappa shape index (κ2) is 3.33. The highest BCUT2D eigenvalue weighted by atomic mass is 16.8. The minimum Gasteiger partial charge on any atom is -0.469 e. The van der Waals surface area contributed by atoms with Crippen molar-refractivity contribution in [2.45, 2.75) is 32.2 Å². The van der Waals surface area contributed by atoms with Crippen molar-refractivity contribution in [2.24, 2.45) is 0 Å². The summed E-state index contributed by atoms with van der Waals surface area (Å²) in [5.74, 6) is -1.94. The van der Waals surface area contributed by atoms with Crippen LogP contribution in [0.25, 0.3) is 0 Å². The smallest absolute Gasteiger partial charge is 0.338 e. The van der Waals surface area contributed by atoms with Gasteiger partial charge < -0.3 is 14.2 Å². The van der Waals surface area contributed by atoms with Gasteiger partial charge in [-0.1, -0.05) is 0 Å². The van der Waals surface area contributed by atoms with E-state index in [9.17, 15) is 9.59 Å². The zero-order chi connectivity index (χ0) is 10.1. The molecule has 0 bridgehead atoms. The van der Waals surface area contributed by atoms with Crippen LogP contribution < -0.4 is 0 Å². The van der Waals surface area contributed by atoms with Crippen molar-refractivity contribution < 1.29 is 23.8 Å². The van der Waals surface area contributed by atoms with Gasteiger partial charge in [0.15, 0.2) is 6.10 Å². The Morgan fingerprint density at radius 2 is 2.23 bits per heavy atom. The molecule has 13 heavy (non-hydrogen) atoms. The number of carbonyl (C=O) groups excluding carboxylic acids is 2. The van der Waals surface area contributed by atoms with Crippen LogP contribution in [0.3, 0.4) is 0 Å². The molecular weight excluding hydrogens is 176 g/mol. The van der Waals surface area contributed by atoms with Crippen LogP contribution in [-0.2, 0) is 23.8 Å². The van der Waals surface area contributed by atoms with Crippen LogP contribution in [0.5, 0.6) is 0 Å². The molecule has 0 aromatic rings. The maximum Gasteiger partial charge on any atom is 0.338 e. The SMILES string of the molecule is COC(=O)C[C@@H]1OC(C)(C)OC1=O. The van der Waals surface area contributed by atoms with Crippen LogP contribution in [0.4, 0.5) is 0 Å². The third-order valence-corrected chi connectivity index (χ3v) is 1.62. The number of methoxy groups -OCH3 is 1. The molecule has 0 aromatic carbocycles. The molecule has 1 fully saturated rings. The summed E-state index contributed by atoms with van der Waals surface area (Å²) in [6.07, 6.45) is -0.930. The molecule has 0 spiro atoms. The number of ether oxygens (including phenoxy) is 3. The first kappa shape index (κ1) is 9.98. The van der Waals surface area contributed by atoms with Crippen LogP contribution >= 0.6 is 0 Å². The summed E-state index contributed by atoms with van der Waals surface area (Å²) in [6, 6.07) is 0. The van der Waals surface area contributed by atoms with Gasteiger partial charge in [-0.15, -0.1) is 0 Å². The van der Waals surface area contributed by atoms with E-state index in [1.165, 1.54) is 7.11 Å². The Bertz CT molecular complexity index is 233. The van der Waals surface area contributed by atoms with Gasteiger partial charge in [0.2, 0.25) is 5.79 Å². The largest absolute Gasteiger partial charge is 0.469 e. The van der Waals surface area contributed by atoms with E-state index in [1.807, 2.05) is 0 Å². The maximum absolute atomic E-state index is 11.1. The number of hydrogen-bond acceptors (Lipinski definition) is 5.